The van der Waals surface area contributed by atoms with Gasteiger partial charge in [-0.3, -0.25) is 0 Å². The van der Waals surface area contributed by atoms with E-state index >= 15 is 0 Å². The Morgan fingerprint density at radius 1 is 1.50 bits per heavy atom. The molecule has 0 saturated heterocycles. The van der Waals surface area contributed by atoms with Gasteiger partial charge in [-0.15, -0.1) is 0 Å². The van der Waals surface area contributed by atoms with Crippen molar-refractivity contribution in [1.82, 2.24) is 0 Å². The topological polar surface area (TPSA) is 37.3 Å². The first-order chi connectivity index (χ1) is 2.00. The summed E-state index contributed by atoms with van der Waals surface area (Å²) in [4.78, 5) is 0. The van der Waals surface area contributed by atoms with Crippen LogP contribution in [0.15, 0.2) is 0 Å². The van der Waals surface area contributed by atoms with Crippen LogP contribution in [0.4, 0.5) is 0 Å². The van der Waals surface area contributed by atoms with Gasteiger partial charge in [0.05, 0.1) is 0 Å². The molecule has 0 bridgehead atoms. The second-order valence-electron chi connectivity index (χ2n) is 0. The van der Waals surface area contributed by atoms with E-state index in [2.05, 4.69) is 0 Å². The van der Waals surface area contributed by atoms with Gasteiger partial charge in [0.15, 0.2) is 0 Å². The van der Waals surface area contributed by atoms with Crippen molar-refractivity contribution in [1.29, 1.82) is 0 Å². The first-order valence-electron chi connectivity index (χ1n) is 0.614. The van der Waals surface area contributed by atoms with E-state index in [1.165, 1.54) is 0 Å². The van der Waals surface area contributed by atoms with E-state index in [1.807, 2.05) is 0 Å². The third-order valence-electron chi connectivity index (χ3n) is 0. The van der Waals surface area contributed by atoms with Gasteiger partial charge < -0.3 is 5.11 Å². The van der Waals surface area contributed by atoms with Crippen LogP contribution < -0.4 is 0 Å². The van der Waals surface area contributed by atoms with Crippen molar-refractivity contribution in [3.8, 4) is 0 Å². The fourth-order valence-electron chi connectivity index (χ4n) is 0. The number of aliphatic hydroxyl groups excluding tert-OH is 1. The molecule has 0 aliphatic heterocycles. The van der Waals surface area contributed by atoms with Gasteiger partial charge in [0.1, 0.15) is 0 Å². The van der Waals surface area contributed by atoms with E-state index in [-0.39, 0.29) is 0 Å². The molecule has 0 amide bonds. The standard InChI is InChI=1S/CH4O.Mo.O/c1-2;;/h2H,1H3;;. The molecule has 3 heteroatoms. The van der Waals surface area contributed by atoms with Crippen molar-refractivity contribution >= 4 is 0 Å². The Labute approximate surface area is 36.0 Å². The van der Waals surface area contributed by atoms with E-state index < -0.39 is 0 Å². The molecule has 0 spiro atoms. The summed E-state index contributed by atoms with van der Waals surface area (Å²) >= 11 is 0.700. The summed E-state index contributed by atoms with van der Waals surface area (Å²) < 4.78 is 8.26. The molecule has 1 N–H and O–H groups in total. The Hall–Kier alpha value is 0.448. The van der Waals surface area contributed by atoms with Gasteiger partial charge in [-0.2, -0.15) is 0 Å². The minimum atomic E-state index is 0.700. The molecule has 0 aliphatic carbocycles. The SMILES string of the molecule is CO.[O]=[Mo]. The Morgan fingerprint density at radius 3 is 1.50 bits per heavy atom. The monoisotopic (exact) mass is 146 g/mol. The molecule has 0 heterocycles. The molecule has 4 heavy (non-hydrogen) atoms. The third kappa shape index (κ3) is 25.6. The van der Waals surface area contributed by atoms with Crippen molar-refractivity contribution in [3.63, 3.8) is 0 Å². The Balaban J connectivity index is 0. The van der Waals surface area contributed by atoms with Gasteiger partial charge in [-0.05, 0) is 0 Å². The molecule has 0 atom stereocenters. The van der Waals surface area contributed by atoms with Gasteiger partial charge in [-0.1, -0.05) is 0 Å². The summed E-state index contributed by atoms with van der Waals surface area (Å²) in [6.07, 6.45) is 0. The van der Waals surface area contributed by atoms with Crippen molar-refractivity contribution in [2.45, 2.75) is 0 Å². The van der Waals surface area contributed by atoms with Gasteiger partial charge in [-0.25, -0.2) is 0 Å². The second kappa shape index (κ2) is 103. The van der Waals surface area contributed by atoms with Crippen molar-refractivity contribution in [3.05, 3.63) is 0 Å². The second-order valence-corrected chi connectivity index (χ2v) is 0. The van der Waals surface area contributed by atoms with Crippen LogP contribution in [0.1, 0.15) is 0 Å². The summed E-state index contributed by atoms with van der Waals surface area (Å²) in [6, 6.07) is 0. The summed E-state index contributed by atoms with van der Waals surface area (Å²) in [5.74, 6) is 0. The minimum absolute atomic E-state index is 0.700. The van der Waals surface area contributed by atoms with Gasteiger partial charge in [0, 0.05) is 7.11 Å². The maximum absolute atomic E-state index is 8.26. The number of hydrogen-bond donors (Lipinski definition) is 1. The van der Waals surface area contributed by atoms with Crippen LogP contribution in [0.2, 0.25) is 0 Å². The zero-order chi connectivity index (χ0) is 4.00. The molecule has 0 saturated carbocycles. The fraction of sp³-hybridized carbons (Fsp3) is 1.00. The van der Waals surface area contributed by atoms with Crippen LogP contribution in [0, 0.1) is 0 Å². The van der Waals surface area contributed by atoms with Crippen LogP contribution in [-0.2, 0) is 23.2 Å². The summed E-state index contributed by atoms with van der Waals surface area (Å²) in [7, 11) is 1.00. The molecule has 0 unspecified atom stereocenters. The zero-order valence-corrected chi connectivity index (χ0v) is 4.27. The molecular formula is CH4MoO2. The zero-order valence-electron chi connectivity index (χ0n) is 2.26. The van der Waals surface area contributed by atoms with Crippen LogP contribution >= 0.6 is 0 Å². The van der Waals surface area contributed by atoms with Crippen LogP contribution in [-0.4, -0.2) is 12.2 Å². The Kier molecular flexibility index (Phi) is 227. The predicted octanol–water partition coefficient (Wildman–Crippen LogP) is -0.513. The molecule has 0 aromatic heterocycles. The van der Waals surface area contributed by atoms with E-state index in [1.54, 1.807) is 0 Å². The van der Waals surface area contributed by atoms with Crippen molar-refractivity contribution in [2.75, 3.05) is 7.11 Å². The predicted molar refractivity (Wildman–Crippen MR) is 8.83 cm³/mol. The van der Waals surface area contributed by atoms with Crippen molar-refractivity contribution < 1.29 is 28.3 Å². The molecule has 0 aliphatic rings. The number of aliphatic hydroxyl groups is 1. The van der Waals surface area contributed by atoms with E-state index in [0.29, 0.717) is 19.8 Å². The average molecular weight is 144 g/mol. The molecule has 0 radical (unpaired) electrons. The third-order valence-corrected chi connectivity index (χ3v) is 0. The van der Waals surface area contributed by atoms with Crippen LogP contribution in [0.25, 0.3) is 0 Å². The van der Waals surface area contributed by atoms with Gasteiger partial charge in [0.2, 0.25) is 0 Å². The normalized spacial score (nSPS) is 2.50. The molecule has 0 rings (SSSR count). The summed E-state index contributed by atoms with van der Waals surface area (Å²) in [6.45, 7) is 0. The molecule has 0 fully saturated rings. The van der Waals surface area contributed by atoms with Gasteiger partial charge >= 0.3 is 23.2 Å². The molecule has 2 nitrogen and oxygen atoms in total. The molecule has 26 valence electrons. The van der Waals surface area contributed by atoms with Gasteiger partial charge in [0.25, 0.3) is 0 Å². The molecular weight excluding hydrogens is 140 g/mol. The van der Waals surface area contributed by atoms with Crippen LogP contribution in [0.3, 0.4) is 0 Å². The fourth-order valence-corrected chi connectivity index (χ4v) is 0. The quantitative estimate of drug-likeness (QED) is 0.464. The van der Waals surface area contributed by atoms with E-state index in [4.69, 9.17) is 8.50 Å². The maximum atomic E-state index is 8.26. The van der Waals surface area contributed by atoms with Crippen molar-refractivity contribution in [2.24, 2.45) is 0 Å². The van der Waals surface area contributed by atoms with Crippen LogP contribution in [0.5, 0.6) is 0 Å². The first kappa shape index (κ1) is 8.82. The van der Waals surface area contributed by atoms with E-state index in [0.717, 1.165) is 7.11 Å². The number of rotatable bonds is 0. The Bertz CT molecular complexity index is 6.00. The number of hydrogen-bond acceptors (Lipinski definition) is 2. The summed E-state index contributed by atoms with van der Waals surface area (Å²) in [5, 5.41) is 7.00. The van der Waals surface area contributed by atoms with E-state index in [9.17, 15) is 0 Å². The average Bonchev–Trinajstić information content (AvgIpc) is 1.50. The summed E-state index contributed by atoms with van der Waals surface area (Å²) in [5.41, 5.74) is 0. The molecule has 0 aromatic carbocycles. The first-order valence-corrected chi connectivity index (χ1v) is 1.43. The Morgan fingerprint density at radius 2 is 1.50 bits per heavy atom. The molecule has 0 aromatic rings.